The van der Waals surface area contributed by atoms with Gasteiger partial charge in [-0.25, -0.2) is 0 Å². The van der Waals surface area contributed by atoms with Gasteiger partial charge in [-0.1, -0.05) is 190 Å². The Morgan fingerprint density at radius 2 is 0.819 bits per heavy atom. The smallest absolute Gasteiger partial charge is 0.0619 e. The molecule has 0 spiro atoms. The number of fused-ring (bicyclic) bond motifs is 9. The number of benzene rings is 11. The molecule has 72 heavy (non-hydrogen) atoms. The Hall–Kier alpha value is -9.18. The van der Waals surface area contributed by atoms with Gasteiger partial charge in [-0.3, -0.25) is 0 Å². The van der Waals surface area contributed by atoms with Gasteiger partial charge in [0.05, 0.1) is 22.1 Å². The number of hydrogen-bond donors (Lipinski definition) is 0. The van der Waals surface area contributed by atoms with E-state index in [1.54, 1.807) is 0 Å². The molecule has 0 atom stereocenters. The molecule has 14 rings (SSSR count). The van der Waals surface area contributed by atoms with Crippen LogP contribution in [0.1, 0.15) is 25.0 Å². The summed E-state index contributed by atoms with van der Waals surface area (Å²) >= 11 is 0. The van der Waals surface area contributed by atoms with Gasteiger partial charge in [0, 0.05) is 61.0 Å². The van der Waals surface area contributed by atoms with E-state index in [4.69, 9.17) is 0 Å². The van der Waals surface area contributed by atoms with Crippen molar-refractivity contribution in [3.8, 4) is 55.9 Å². The molecule has 0 N–H and O–H groups in total. The Kier molecular flexibility index (Phi) is 9.56. The van der Waals surface area contributed by atoms with Crippen LogP contribution in [0.3, 0.4) is 0 Å². The lowest BCUT2D eigenvalue weighted by Crippen LogP contribution is -2.16. The summed E-state index contributed by atoms with van der Waals surface area (Å²) in [6.45, 7) is 4.75. The van der Waals surface area contributed by atoms with Gasteiger partial charge in [0.25, 0.3) is 0 Å². The van der Waals surface area contributed by atoms with Crippen LogP contribution in [0.15, 0.2) is 261 Å². The molecule has 0 fully saturated rings. The molecule has 0 radical (unpaired) electrons. The van der Waals surface area contributed by atoms with Gasteiger partial charge in [-0.15, -0.1) is 0 Å². The Bertz CT molecular complexity index is 4220. The van der Waals surface area contributed by atoms with Crippen LogP contribution >= 0.6 is 0 Å². The second kappa shape index (κ2) is 16.5. The normalized spacial score (nSPS) is 12.7. The Morgan fingerprint density at radius 3 is 1.57 bits per heavy atom. The van der Waals surface area contributed by atoms with Crippen molar-refractivity contribution in [3.05, 3.63) is 272 Å². The van der Waals surface area contributed by atoms with Crippen molar-refractivity contribution in [2.45, 2.75) is 19.3 Å². The predicted octanol–water partition coefficient (Wildman–Crippen LogP) is 18.7. The summed E-state index contributed by atoms with van der Waals surface area (Å²) in [5.74, 6) is 0. The summed E-state index contributed by atoms with van der Waals surface area (Å²) in [5.41, 5.74) is 22.4. The fraction of sp³-hybridized carbons (Fsp3) is 0.0435. The summed E-state index contributed by atoms with van der Waals surface area (Å²) in [6, 6.07) is 96.2. The van der Waals surface area contributed by atoms with Crippen molar-refractivity contribution >= 4 is 60.7 Å². The molecule has 1 aliphatic carbocycles. The molecule has 3 heteroatoms. The monoisotopic (exact) mass is 919 g/mol. The highest BCUT2D eigenvalue weighted by Crippen LogP contribution is 2.52. The number of aromatic nitrogens is 2. The number of nitrogens with zero attached hydrogens (tertiary/aromatic N) is 3. The van der Waals surface area contributed by atoms with Crippen LogP contribution in [-0.2, 0) is 5.41 Å². The van der Waals surface area contributed by atoms with Crippen LogP contribution in [0.5, 0.6) is 0 Å². The van der Waals surface area contributed by atoms with Gasteiger partial charge in [0.2, 0.25) is 0 Å². The maximum Gasteiger partial charge on any atom is 0.0619 e. The first-order valence-electron chi connectivity index (χ1n) is 25.0. The van der Waals surface area contributed by atoms with E-state index < -0.39 is 0 Å². The van der Waals surface area contributed by atoms with Crippen molar-refractivity contribution in [3.63, 3.8) is 0 Å². The van der Waals surface area contributed by atoms with E-state index >= 15 is 0 Å². The van der Waals surface area contributed by atoms with Crippen LogP contribution in [0.2, 0.25) is 0 Å². The second-order valence-corrected chi connectivity index (χ2v) is 19.7. The van der Waals surface area contributed by atoms with Crippen molar-refractivity contribution in [1.82, 2.24) is 9.13 Å². The SMILES string of the molecule is CC1(C)c2ccccc2-c2ccc(N(c3ccc(-c4ccccc4)cc3)c3cc(-c4cccc5c4c4ccccc4n5-c4ccccc4)cc(-c4cccc5c6ccccc6n(-c6ccccc6)c45)c3)cc21. The molecule has 340 valence electrons. The van der Waals surface area contributed by atoms with Crippen molar-refractivity contribution in [2.75, 3.05) is 4.90 Å². The topological polar surface area (TPSA) is 13.1 Å². The highest BCUT2D eigenvalue weighted by molar-refractivity contribution is 6.17. The maximum atomic E-state index is 2.49. The second-order valence-electron chi connectivity index (χ2n) is 19.7. The minimum Gasteiger partial charge on any atom is -0.310 e. The zero-order valence-corrected chi connectivity index (χ0v) is 40.2. The Labute approximate surface area is 419 Å². The van der Waals surface area contributed by atoms with E-state index in [0.717, 1.165) is 39.6 Å². The zero-order chi connectivity index (χ0) is 47.9. The zero-order valence-electron chi connectivity index (χ0n) is 40.2. The Balaban J connectivity index is 1.07. The lowest BCUT2D eigenvalue weighted by atomic mass is 9.82. The van der Waals surface area contributed by atoms with E-state index in [2.05, 4.69) is 289 Å². The standard InChI is InChI=1S/C69H49N3/c1-69(2)62-32-15-12-26-57(62)58-41-40-53(45-63(58)69)70(52-38-36-47(37-39-52)46-20-6-3-7-21-46)54-43-48(55-29-19-35-66-67(55)61-28-14-17-34-65(61)71(66)50-22-8-4-9-23-50)42-49(44-54)56-30-18-31-60-59-27-13-16-33-64(59)72(68(56)60)51-24-10-5-11-25-51/h3-45H,1-2H3. The third-order valence-electron chi connectivity index (χ3n) is 15.3. The summed E-state index contributed by atoms with van der Waals surface area (Å²) in [7, 11) is 0. The van der Waals surface area contributed by atoms with Gasteiger partial charge in [-0.2, -0.15) is 0 Å². The quantitative estimate of drug-likeness (QED) is 0.148. The molecule has 0 unspecified atom stereocenters. The molecule has 11 aromatic carbocycles. The molecule has 2 heterocycles. The van der Waals surface area contributed by atoms with Gasteiger partial charge in [-0.05, 0) is 135 Å². The molecule has 1 aliphatic rings. The molecular formula is C69H49N3. The first kappa shape index (κ1) is 41.8. The number of para-hydroxylation sites is 5. The number of hydrogen-bond acceptors (Lipinski definition) is 1. The first-order valence-corrected chi connectivity index (χ1v) is 25.0. The van der Waals surface area contributed by atoms with E-state index in [9.17, 15) is 0 Å². The minimum atomic E-state index is -0.180. The molecule has 13 aromatic rings. The molecule has 0 aliphatic heterocycles. The van der Waals surface area contributed by atoms with Crippen LogP contribution in [-0.4, -0.2) is 9.13 Å². The minimum absolute atomic E-state index is 0.180. The molecule has 0 bridgehead atoms. The summed E-state index contributed by atoms with van der Waals surface area (Å²) in [5, 5.41) is 4.90. The molecular weight excluding hydrogens is 871 g/mol. The predicted molar refractivity (Wildman–Crippen MR) is 304 cm³/mol. The van der Waals surface area contributed by atoms with E-state index in [0.29, 0.717) is 0 Å². The van der Waals surface area contributed by atoms with E-state index in [1.165, 1.54) is 88.1 Å². The summed E-state index contributed by atoms with van der Waals surface area (Å²) in [4.78, 5) is 2.49. The molecule has 0 saturated heterocycles. The van der Waals surface area contributed by atoms with E-state index in [-0.39, 0.29) is 5.41 Å². The summed E-state index contributed by atoms with van der Waals surface area (Å²) < 4.78 is 4.88. The number of rotatable bonds is 8. The van der Waals surface area contributed by atoms with Gasteiger partial charge in [0.15, 0.2) is 0 Å². The van der Waals surface area contributed by atoms with Crippen LogP contribution in [0, 0.1) is 0 Å². The van der Waals surface area contributed by atoms with Crippen LogP contribution in [0.4, 0.5) is 17.1 Å². The maximum absolute atomic E-state index is 2.49. The highest BCUT2D eigenvalue weighted by atomic mass is 15.1. The van der Waals surface area contributed by atoms with Gasteiger partial charge < -0.3 is 14.0 Å². The molecule has 2 aromatic heterocycles. The number of anilines is 3. The average molecular weight is 920 g/mol. The summed E-state index contributed by atoms with van der Waals surface area (Å²) in [6.07, 6.45) is 0. The van der Waals surface area contributed by atoms with Crippen molar-refractivity contribution in [2.24, 2.45) is 0 Å². The molecule has 0 saturated carbocycles. The largest absolute Gasteiger partial charge is 0.310 e. The fourth-order valence-corrected chi connectivity index (χ4v) is 12.0. The lowest BCUT2D eigenvalue weighted by Gasteiger charge is -2.29. The lowest BCUT2D eigenvalue weighted by molar-refractivity contribution is 0.660. The average Bonchev–Trinajstić information content (AvgIpc) is 4.05. The van der Waals surface area contributed by atoms with E-state index in [1.807, 2.05) is 0 Å². The van der Waals surface area contributed by atoms with Crippen LogP contribution < -0.4 is 4.90 Å². The van der Waals surface area contributed by atoms with Crippen molar-refractivity contribution in [1.29, 1.82) is 0 Å². The Morgan fingerprint density at radius 1 is 0.306 bits per heavy atom. The third kappa shape index (κ3) is 6.51. The van der Waals surface area contributed by atoms with Crippen molar-refractivity contribution < 1.29 is 0 Å². The highest BCUT2D eigenvalue weighted by Gasteiger charge is 2.36. The molecule has 0 amide bonds. The van der Waals surface area contributed by atoms with Gasteiger partial charge in [0.1, 0.15) is 0 Å². The third-order valence-corrected chi connectivity index (χ3v) is 15.3. The first-order chi connectivity index (χ1) is 35.5. The van der Waals surface area contributed by atoms with Crippen LogP contribution in [0.25, 0.3) is 99.5 Å². The van der Waals surface area contributed by atoms with Gasteiger partial charge >= 0.3 is 0 Å². The molecule has 3 nitrogen and oxygen atoms in total. The fourth-order valence-electron chi connectivity index (χ4n) is 12.0.